The molecule has 8 heteroatoms. The van der Waals surface area contributed by atoms with Gasteiger partial charge in [-0.15, -0.1) is 0 Å². The van der Waals surface area contributed by atoms with Crippen molar-refractivity contribution in [2.24, 2.45) is 0 Å². The predicted molar refractivity (Wildman–Crippen MR) is 98.1 cm³/mol. The van der Waals surface area contributed by atoms with Gasteiger partial charge in [-0.1, -0.05) is 36.4 Å². The van der Waals surface area contributed by atoms with Gasteiger partial charge in [0, 0.05) is 12.4 Å². The zero-order chi connectivity index (χ0) is 19.4. The molecule has 0 radical (unpaired) electrons. The summed E-state index contributed by atoms with van der Waals surface area (Å²) in [6.45, 7) is 5.16. The third kappa shape index (κ3) is 4.21. The molecule has 142 valence electrons. The molecule has 1 amide bonds. The molecule has 1 aromatic heterocycles. The monoisotopic (exact) mass is 373 g/mol. The highest BCUT2D eigenvalue weighted by Crippen LogP contribution is 2.43. The molecule has 1 aromatic carbocycles. The number of hydrogen-bond donors (Lipinski definition) is 3. The molecule has 1 heterocycles. The van der Waals surface area contributed by atoms with E-state index in [-0.39, 0.29) is 11.1 Å². The lowest BCUT2D eigenvalue weighted by Crippen LogP contribution is -2.42. The standard InChI is InChI=1S/C19H21F2N5O/c1-12-5-3-6-15(9-12)19(7-4-8-19)24-18-22-10-14(11-23-18)17(27)26-25-13(2)16(20)21/h3,5-6,9-11,16,25H,2,4,7-8H2,1H3,(H,26,27)(H,22,23,24). The summed E-state index contributed by atoms with van der Waals surface area (Å²) in [7, 11) is 0. The lowest BCUT2D eigenvalue weighted by Gasteiger charge is -2.43. The maximum absolute atomic E-state index is 12.3. The molecule has 0 spiro atoms. The summed E-state index contributed by atoms with van der Waals surface area (Å²) >= 11 is 0. The van der Waals surface area contributed by atoms with Gasteiger partial charge in [0.1, 0.15) is 0 Å². The molecule has 27 heavy (non-hydrogen) atoms. The maximum atomic E-state index is 12.3. The minimum Gasteiger partial charge on any atom is -0.345 e. The predicted octanol–water partition coefficient (Wildman–Crippen LogP) is 3.29. The number of anilines is 1. The van der Waals surface area contributed by atoms with Crippen molar-refractivity contribution >= 4 is 11.9 Å². The van der Waals surface area contributed by atoms with Crippen LogP contribution in [-0.2, 0) is 5.54 Å². The molecule has 2 aromatic rings. The van der Waals surface area contributed by atoms with E-state index in [1.165, 1.54) is 23.5 Å². The number of aromatic nitrogens is 2. The first kappa shape index (κ1) is 18.8. The minimum atomic E-state index is -2.77. The van der Waals surface area contributed by atoms with Gasteiger partial charge in [0.2, 0.25) is 5.95 Å². The van der Waals surface area contributed by atoms with Crippen LogP contribution in [0.5, 0.6) is 0 Å². The van der Waals surface area contributed by atoms with Crippen LogP contribution in [0, 0.1) is 6.92 Å². The summed E-state index contributed by atoms with van der Waals surface area (Å²) in [5.41, 5.74) is 5.93. The largest absolute Gasteiger partial charge is 0.345 e. The number of carbonyl (C=O) groups is 1. The summed E-state index contributed by atoms with van der Waals surface area (Å²) in [6.07, 6.45) is 2.98. The molecule has 1 aliphatic rings. The number of nitrogens with zero attached hydrogens (tertiary/aromatic N) is 2. The van der Waals surface area contributed by atoms with E-state index < -0.39 is 18.0 Å². The van der Waals surface area contributed by atoms with E-state index in [9.17, 15) is 13.6 Å². The van der Waals surface area contributed by atoms with Gasteiger partial charge in [0.15, 0.2) is 0 Å². The SMILES string of the molecule is C=C(NNC(=O)c1cnc(NC2(c3cccc(C)c3)CCC2)nc1)C(F)F. The van der Waals surface area contributed by atoms with E-state index in [2.05, 4.69) is 57.8 Å². The molecule has 0 atom stereocenters. The van der Waals surface area contributed by atoms with Crippen molar-refractivity contribution < 1.29 is 13.6 Å². The van der Waals surface area contributed by atoms with Gasteiger partial charge in [0.25, 0.3) is 12.3 Å². The number of alkyl halides is 2. The van der Waals surface area contributed by atoms with E-state index in [0.29, 0.717) is 5.95 Å². The van der Waals surface area contributed by atoms with E-state index in [4.69, 9.17) is 0 Å². The third-order valence-electron chi connectivity index (χ3n) is 4.64. The highest BCUT2D eigenvalue weighted by Gasteiger charge is 2.39. The van der Waals surface area contributed by atoms with Crippen LogP contribution in [0.4, 0.5) is 14.7 Å². The Labute approximate surface area is 156 Å². The normalized spacial score (nSPS) is 15.0. The smallest absolute Gasteiger partial charge is 0.279 e. The fraction of sp³-hybridized carbons (Fsp3) is 0.316. The summed E-state index contributed by atoms with van der Waals surface area (Å²) in [5, 5.41) is 3.38. The number of aryl methyl sites for hydroxylation is 1. The van der Waals surface area contributed by atoms with Gasteiger partial charge in [-0.25, -0.2) is 18.7 Å². The van der Waals surface area contributed by atoms with Gasteiger partial charge < -0.3 is 5.32 Å². The van der Waals surface area contributed by atoms with Crippen molar-refractivity contribution in [1.82, 2.24) is 20.8 Å². The second-order valence-corrected chi connectivity index (χ2v) is 6.63. The van der Waals surface area contributed by atoms with E-state index in [0.717, 1.165) is 19.3 Å². The third-order valence-corrected chi connectivity index (χ3v) is 4.64. The van der Waals surface area contributed by atoms with E-state index >= 15 is 0 Å². The fourth-order valence-electron chi connectivity index (χ4n) is 2.95. The zero-order valence-electron chi connectivity index (χ0n) is 14.9. The van der Waals surface area contributed by atoms with Gasteiger partial charge in [-0.05, 0) is 31.7 Å². The van der Waals surface area contributed by atoms with Crippen molar-refractivity contribution in [2.45, 2.75) is 38.2 Å². The summed E-state index contributed by atoms with van der Waals surface area (Å²) in [5.74, 6) is -0.210. The topological polar surface area (TPSA) is 78.9 Å². The van der Waals surface area contributed by atoms with Gasteiger partial charge in [-0.2, -0.15) is 0 Å². The number of carbonyl (C=O) groups excluding carboxylic acids is 1. The Kier molecular flexibility index (Phi) is 5.34. The molecule has 0 bridgehead atoms. The number of allylic oxidation sites excluding steroid dienone is 1. The first-order valence-corrected chi connectivity index (χ1v) is 8.60. The average Bonchev–Trinajstić information content (AvgIpc) is 2.62. The second-order valence-electron chi connectivity index (χ2n) is 6.63. The van der Waals surface area contributed by atoms with E-state index in [1.807, 2.05) is 6.07 Å². The molecular formula is C19H21F2N5O. The van der Waals surface area contributed by atoms with Gasteiger partial charge in [0.05, 0.1) is 16.8 Å². The Hall–Kier alpha value is -3.03. The maximum Gasteiger partial charge on any atom is 0.279 e. The molecule has 3 N–H and O–H groups in total. The van der Waals surface area contributed by atoms with E-state index in [1.54, 1.807) is 0 Å². The molecule has 3 rings (SSSR count). The summed E-state index contributed by atoms with van der Waals surface area (Å²) in [4.78, 5) is 20.3. The van der Waals surface area contributed by atoms with Crippen LogP contribution in [0.25, 0.3) is 0 Å². The van der Waals surface area contributed by atoms with Crippen LogP contribution in [0.15, 0.2) is 48.9 Å². The van der Waals surface area contributed by atoms with Crippen molar-refractivity contribution in [3.8, 4) is 0 Å². The molecule has 6 nitrogen and oxygen atoms in total. The number of amides is 1. The second kappa shape index (κ2) is 7.69. The number of benzene rings is 1. The molecule has 0 aliphatic heterocycles. The van der Waals surface area contributed by atoms with Crippen molar-refractivity contribution in [2.75, 3.05) is 5.32 Å². The fourth-order valence-corrected chi connectivity index (χ4v) is 2.95. The number of rotatable bonds is 7. The highest BCUT2D eigenvalue weighted by molar-refractivity contribution is 5.93. The van der Waals surface area contributed by atoms with Crippen LogP contribution in [0.3, 0.4) is 0 Å². The Morgan fingerprint density at radius 2 is 1.93 bits per heavy atom. The van der Waals surface area contributed by atoms with Gasteiger partial charge >= 0.3 is 0 Å². The van der Waals surface area contributed by atoms with Crippen LogP contribution in [0.1, 0.15) is 40.7 Å². The summed E-state index contributed by atoms with van der Waals surface area (Å²) < 4.78 is 24.7. The molecule has 1 aliphatic carbocycles. The highest BCUT2D eigenvalue weighted by atomic mass is 19.3. The van der Waals surface area contributed by atoms with Crippen LogP contribution in [-0.4, -0.2) is 22.3 Å². The van der Waals surface area contributed by atoms with Gasteiger partial charge in [-0.3, -0.25) is 15.6 Å². The molecule has 1 saturated carbocycles. The minimum absolute atomic E-state index is 0.147. The Morgan fingerprint density at radius 3 is 2.48 bits per heavy atom. The van der Waals surface area contributed by atoms with Crippen molar-refractivity contribution in [1.29, 1.82) is 0 Å². The van der Waals surface area contributed by atoms with Crippen LogP contribution >= 0.6 is 0 Å². The first-order valence-electron chi connectivity index (χ1n) is 8.60. The molecule has 1 fully saturated rings. The number of hydrogen-bond acceptors (Lipinski definition) is 5. The molecular weight excluding hydrogens is 352 g/mol. The first-order chi connectivity index (χ1) is 12.9. The van der Waals surface area contributed by atoms with Crippen molar-refractivity contribution in [3.05, 3.63) is 65.6 Å². The Morgan fingerprint density at radius 1 is 1.22 bits per heavy atom. The number of hydrazine groups is 1. The Balaban J connectivity index is 1.66. The molecule has 0 saturated heterocycles. The lowest BCUT2D eigenvalue weighted by atomic mass is 9.71. The van der Waals surface area contributed by atoms with Crippen LogP contribution < -0.4 is 16.2 Å². The average molecular weight is 373 g/mol. The summed E-state index contributed by atoms with van der Waals surface area (Å²) in [6, 6.07) is 8.32. The number of nitrogens with one attached hydrogen (secondary N) is 3. The quantitative estimate of drug-likeness (QED) is 0.649. The Bertz CT molecular complexity index is 834. The zero-order valence-corrected chi connectivity index (χ0v) is 14.9. The number of halogens is 2. The van der Waals surface area contributed by atoms with Crippen LogP contribution in [0.2, 0.25) is 0 Å². The van der Waals surface area contributed by atoms with Crippen molar-refractivity contribution in [3.63, 3.8) is 0 Å². The lowest BCUT2D eigenvalue weighted by molar-refractivity contribution is 0.0928. The molecule has 0 unspecified atom stereocenters.